The Bertz CT molecular complexity index is 2130. The van der Waals surface area contributed by atoms with Crippen LogP contribution in [-0.4, -0.2) is 34.1 Å². The number of benzene rings is 3. The van der Waals surface area contributed by atoms with E-state index in [0.717, 1.165) is 35.1 Å². The van der Waals surface area contributed by atoms with E-state index in [-0.39, 0.29) is 23.0 Å². The van der Waals surface area contributed by atoms with Gasteiger partial charge in [0.05, 0.1) is 28.8 Å². The number of unbranched alkanes of at least 4 members (excludes halogenated alkanes) is 1. The van der Waals surface area contributed by atoms with Crippen LogP contribution in [0.1, 0.15) is 42.5 Å². The molecule has 0 spiro atoms. The Kier molecular flexibility index (Phi) is 7.81. The molecule has 6 rings (SSSR count). The van der Waals surface area contributed by atoms with Crippen LogP contribution in [0.3, 0.4) is 0 Å². The molecule has 0 atom stereocenters. The lowest BCUT2D eigenvalue weighted by molar-refractivity contribution is -0.274. The number of halogens is 3. The topological polar surface area (TPSA) is 104 Å². The van der Waals surface area contributed by atoms with E-state index >= 15 is 0 Å². The Balaban J connectivity index is 1.46. The van der Waals surface area contributed by atoms with Gasteiger partial charge in [-0.25, -0.2) is 13.4 Å². The summed E-state index contributed by atoms with van der Waals surface area (Å²) in [6.07, 6.45) is -0.578. The summed E-state index contributed by atoms with van der Waals surface area (Å²) in [6, 6.07) is 18.3. The van der Waals surface area contributed by atoms with Gasteiger partial charge in [-0.3, -0.25) is 4.72 Å². The number of hydrogen-bond donors (Lipinski definition) is 1. The van der Waals surface area contributed by atoms with Gasteiger partial charge in [-0.2, -0.15) is 0 Å². The summed E-state index contributed by atoms with van der Waals surface area (Å²) in [7, 11) is -4.09. The summed E-state index contributed by atoms with van der Waals surface area (Å²) in [5, 5.41) is 4.71. The molecular weight excluding hydrogens is 607 g/mol. The number of para-hydroxylation sites is 2. The van der Waals surface area contributed by atoms with E-state index in [1.54, 1.807) is 32.0 Å². The average Bonchev–Trinajstić information content (AvgIpc) is 3.64. The van der Waals surface area contributed by atoms with Crippen LogP contribution in [0.5, 0.6) is 5.75 Å². The zero-order valence-corrected chi connectivity index (χ0v) is 25.5. The van der Waals surface area contributed by atoms with Gasteiger partial charge >= 0.3 is 6.36 Å². The fourth-order valence-corrected chi connectivity index (χ4v) is 6.63. The number of ether oxygens (including phenoxy) is 1. The molecule has 9 nitrogen and oxygen atoms in total. The van der Waals surface area contributed by atoms with Crippen LogP contribution in [0.15, 0.2) is 82.3 Å². The maximum Gasteiger partial charge on any atom is 0.573 e. The first kappa shape index (κ1) is 30.3. The quantitative estimate of drug-likeness (QED) is 0.165. The van der Waals surface area contributed by atoms with Gasteiger partial charge in [0.15, 0.2) is 5.82 Å². The minimum atomic E-state index is -4.83. The van der Waals surface area contributed by atoms with Gasteiger partial charge in [-0.05, 0) is 56.2 Å². The number of alkyl halides is 3. The Morgan fingerprint density at radius 2 is 1.76 bits per heavy atom. The number of rotatable bonds is 10. The van der Waals surface area contributed by atoms with Crippen LogP contribution < -0.4 is 9.46 Å². The summed E-state index contributed by atoms with van der Waals surface area (Å²) >= 11 is 0. The number of nitrogens with zero attached hydrogens (tertiary/aromatic N) is 4. The van der Waals surface area contributed by atoms with Gasteiger partial charge < -0.3 is 18.4 Å². The van der Waals surface area contributed by atoms with Gasteiger partial charge in [0.25, 0.3) is 10.0 Å². The van der Waals surface area contributed by atoms with Crippen molar-refractivity contribution in [2.45, 2.75) is 57.8 Å². The number of aromatic nitrogens is 4. The fraction of sp³-hybridized carbons (Fsp3) is 0.250. The average molecular weight is 638 g/mol. The van der Waals surface area contributed by atoms with E-state index in [0.29, 0.717) is 34.5 Å². The number of sulfonamides is 1. The third kappa shape index (κ3) is 5.99. The van der Waals surface area contributed by atoms with E-state index in [1.807, 2.05) is 39.6 Å². The maximum absolute atomic E-state index is 13.7. The monoisotopic (exact) mass is 637 g/mol. The van der Waals surface area contributed by atoms with Gasteiger partial charge in [-0.15, -0.1) is 13.2 Å². The molecular formula is C32H30F3N5O4S. The summed E-state index contributed by atoms with van der Waals surface area (Å²) in [6.45, 7) is 5.75. The van der Waals surface area contributed by atoms with E-state index < -0.39 is 16.4 Å². The van der Waals surface area contributed by atoms with E-state index in [4.69, 9.17) is 9.51 Å². The molecule has 0 saturated heterocycles. The SMILES string of the molecule is CCCCc1nc2ccc(OC(F)(F)F)cc2n1Cc1cn(-c2ccccc2S(=O)(=O)Nc2noc(C)c2C)c2ccccc12. The van der Waals surface area contributed by atoms with Crippen LogP contribution in [0.25, 0.3) is 27.6 Å². The molecule has 0 radical (unpaired) electrons. The second-order valence-electron chi connectivity index (χ2n) is 10.7. The lowest BCUT2D eigenvalue weighted by atomic mass is 10.1. The van der Waals surface area contributed by atoms with Crippen molar-refractivity contribution in [1.82, 2.24) is 19.3 Å². The van der Waals surface area contributed by atoms with Crippen molar-refractivity contribution in [2.75, 3.05) is 4.72 Å². The van der Waals surface area contributed by atoms with Crippen molar-refractivity contribution >= 4 is 37.8 Å². The van der Waals surface area contributed by atoms with Crippen LogP contribution in [0.4, 0.5) is 19.0 Å². The van der Waals surface area contributed by atoms with Gasteiger partial charge in [-0.1, -0.05) is 48.8 Å². The zero-order chi connectivity index (χ0) is 31.9. The van der Waals surface area contributed by atoms with Crippen molar-refractivity contribution in [1.29, 1.82) is 0 Å². The molecule has 3 heterocycles. The predicted molar refractivity (Wildman–Crippen MR) is 164 cm³/mol. The number of nitrogens with one attached hydrogen (secondary N) is 1. The number of anilines is 1. The zero-order valence-electron chi connectivity index (χ0n) is 24.7. The normalized spacial score (nSPS) is 12.3. The highest BCUT2D eigenvalue weighted by Crippen LogP contribution is 2.33. The second kappa shape index (κ2) is 11.6. The molecule has 1 N–H and O–H groups in total. The second-order valence-corrected chi connectivity index (χ2v) is 12.4. The fourth-order valence-electron chi connectivity index (χ4n) is 5.38. The van der Waals surface area contributed by atoms with E-state index in [1.165, 1.54) is 24.3 Å². The predicted octanol–water partition coefficient (Wildman–Crippen LogP) is 7.68. The molecule has 45 heavy (non-hydrogen) atoms. The minimum absolute atomic E-state index is 0.0306. The lowest BCUT2D eigenvalue weighted by Crippen LogP contribution is -2.17. The Morgan fingerprint density at radius 3 is 2.49 bits per heavy atom. The summed E-state index contributed by atoms with van der Waals surface area (Å²) in [4.78, 5) is 4.77. The summed E-state index contributed by atoms with van der Waals surface area (Å²) in [5.41, 5.74) is 3.63. The number of hydrogen-bond acceptors (Lipinski definition) is 6. The number of aryl methyl sites for hydroxylation is 2. The molecule has 234 valence electrons. The number of imidazole rings is 1. The molecule has 0 saturated carbocycles. The summed E-state index contributed by atoms with van der Waals surface area (Å²) in [5.74, 6) is 1.02. The molecule has 0 unspecified atom stereocenters. The van der Waals surface area contributed by atoms with E-state index in [9.17, 15) is 21.6 Å². The maximum atomic E-state index is 13.7. The van der Waals surface area contributed by atoms with Crippen LogP contribution in [0, 0.1) is 13.8 Å². The molecule has 0 fully saturated rings. The van der Waals surface area contributed by atoms with Gasteiger partial charge in [0, 0.05) is 29.6 Å². The molecule has 13 heteroatoms. The molecule has 6 aromatic rings. The van der Waals surface area contributed by atoms with Gasteiger partial charge in [0.2, 0.25) is 0 Å². The van der Waals surface area contributed by atoms with Crippen LogP contribution in [-0.2, 0) is 23.0 Å². The molecule has 3 aromatic heterocycles. The first-order valence-corrected chi connectivity index (χ1v) is 15.8. The van der Waals surface area contributed by atoms with Crippen molar-refractivity contribution in [3.05, 3.63) is 95.6 Å². The Labute approximate surface area is 257 Å². The Morgan fingerprint density at radius 1 is 1.00 bits per heavy atom. The third-order valence-corrected chi connectivity index (χ3v) is 9.10. The van der Waals surface area contributed by atoms with E-state index in [2.05, 4.69) is 21.5 Å². The first-order valence-electron chi connectivity index (χ1n) is 14.3. The van der Waals surface area contributed by atoms with Crippen LogP contribution >= 0.6 is 0 Å². The Hall–Kier alpha value is -4.78. The van der Waals surface area contributed by atoms with Gasteiger partial charge in [0.1, 0.15) is 22.2 Å². The molecule has 0 bridgehead atoms. The minimum Gasteiger partial charge on any atom is -0.406 e. The molecule has 0 aliphatic rings. The molecule has 0 amide bonds. The third-order valence-electron chi connectivity index (χ3n) is 7.71. The standard InChI is InChI=1S/C32H30F3N5O4S/c1-4-5-14-30-36-25-16-15-23(43-32(33,34)35)17-28(25)40(30)19-22-18-39(26-11-7-6-10-24(22)26)27-12-8-9-13-29(27)45(41,42)38-31-20(2)21(3)44-37-31/h6-13,15-18H,4-5,14,19H2,1-3H3,(H,37,38). The number of fused-ring (bicyclic) bond motifs is 2. The molecule has 3 aromatic carbocycles. The largest absolute Gasteiger partial charge is 0.573 e. The molecule has 0 aliphatic heterocycles. The highest BCUT2D eigenvalue weighted by molar-refractivity contribution is 7.92. The highest BCUT2D eigenvalue weighted by Gasteiger charge is 2.31. The highest BCUT2D eigenvalue weighted by atomic mass is 32.2. The van der Waals surface area contributed by atoms with Crippen molar-refractivity contribution in [2.24, 2.45) is 0 Å². The molecule has 0 aliphatic carbocycles. The lowest BCUT2D eigenvalue weighted by Gasteiger charge is -2.13. The van der Waals surface area contributed by atoms with Crippen LogP contribution in [0.2, 0.25) is 0 Å². The van der Waals surface area contributed by atoms with Crippen molar-refractivity contribution in [3.8, 4) is 11.4 Å². The smallest absolute Gasteiger partial charge is 0.406 e. The van der Waals surface area contributed by atoms with Crippen molar-refractivity contribution in [3.63, 3.8) is 0 Å². The first-order chi connectivity index (χ1) is 21.4. The van der Waals surface area contributed by atoms with Crippen molar-refractivity contribution < 1.29 is 30.8 Å². The summed E-state index contributed by atoms with van der Waals surface area (Å²) < 4.78 is 82.1.